The van der Waals surface area contributed by atoms with Crippen LogP contribution in [0.25, 0.3) is 0 Å². The zero-order valence-electron chi connectivity index (χ0n) is 11.8. The third-order valence-corrected chi connectivity index (χ3v) is 3.14. The molecule has 3 nitrogen and oxygen atoms in total. The van der Waals surface area contributed by atoms with Gasteiger partial charge in [-0.25, -0.2) is 0 Å². The highest BCUT2D eigenvalue weighted by Gasteiger charge is 2.16. The van der Waals surface area contributed by atoms with Gasteiger partial charge in [0, 0.05) is 16.9 Å². The molecule has 0 amide bonds. The Labute approximate surface area is 123 Å². The van der Waals surface area contributed by atoms with Crippen molar-refractivity contribution in [3.63, 3.8) is 0 Å². The van der Waals surface area contributed by atoms with Gasteiger partial charge in [0.05, 0.1) is 0 Å². The third kappa shape index (κ3) is 6.73. The molecular formula is C15H22BrNO2. The molecule has 19 heavy (non-hydrogen) atoms. The van der Waals surface area contributed by atoms with Crippen LogP contribution < -0.4 is 5.73 Å². The van der Waals surface area contributed by atoms with E-state index in [2.05, 4.69) is 15.9 Å². The Morgan fingerprint density at radius 2 is 1.89 bits per heavy atom. The molecule has 0 bridgehead atoms. The van der Waals surface area contributed by atoms with E-state index in [0.717, 1.165) is 22.9 Å². The molecule has 0 spiro atoms. The van der Waals surface area contributed by atoms with Crippen LogP contribution in [-0.2, 0) is 9.53 Å². The second-order valence-corrected chi connectivity index (χ2v) is 6.55. The number of esters is 1. The summed E-state index contributed by atoms with van der Waals surface area (Å²) in [5.41, 5.74) is 6.77. The SMILES string of the molecule is CC(C)(C)OC(=O)CCCC(N)c1ccc(Br)cc1. The smallest absolute Gasteiger partial charge is 0.306 e. The fraction of sp³-hybridized carbons (Fsp3) is 0.533. The van der Waals surface area contributed by atoms with Crippen LogP contribution in [0.5, 0.6) is 0 Å². The van der Waals surface area contributed by atoms with Crippen LogP contribution in [0.2, 0.25) is 0 Å². The maximum Gasteiger partial charge on any atom is 0.306 e. The predicted octanol–water partition coefficient (Wildman–Crippen LogP) is 3.96. The average molecular weight is 328 g/mol. The molecule has 0 saturated heterocycles. The number of ether oxygens (including phenoxy) is 1. The first kappa shape index (κ1) is 16.2. The topological polar surface area (TPSA) is 52.3 Å². The van der Waals surface area contributed by atoms with E-state index < -0.39 is 5.60 Å². The largest absolute Gasteiger partial charge is 0.460 e. The van der Waals surface area contributed by atoms with Crippen LogP contribution in [0.1, 0.15) is 51.6 Å². The molecule has 1 rings (SSSR count). The minimum atomic E-state index is -0.412. The van der Waals surface area contributed by atoms with Gasteiger partial charge in [0.15, 0.2) is 0 Å². The highest BCUT2D eigenvalue weighted by Crippen LogP contribution is 2.20. The number of nitrogens with two attached hydrogens (primary N) is 1. The number of rotatable bonds is 5. The number of hydrogen-bond acceptors (Lipinski definition) is 3. The number of carbonyl (C=O) groups is 1. The molecule has 0 aliphatic rings. The maximum absolute atomic E-state index is 11.6. The van der Waals surface area contributed by atoms with Gasteiger partial charge >= 0.3 is 5.97 Å². The van der Waals surface area contributed by atoms with Crippen molar-refractivity contribution in [2.45, 2.75) is 51.7 Å². The number of carbonyl (C=O) groups excluding carboxylic acids is 1. The Bertz CT molecular complexity index is 409. The summed E-state index contributed by atoms with van der Waals surface area (Å²) in [6.07, 6.45) is 1.94. The zero-order chi connectivity index (χ0) is 14.5. The molecule has 106 valence electrons. The second kappa shape index (κ2) is 7.06. The van der Waals surface area contributed by atoms with E-state index in [1.165, 1.54) is 0 Å². The van der Waals surface area contributed by atoms with E-state index in [9.17, 15) is 4.79 Å². The second-order valence-electron chi connectivity index (χ2n) is 5.64. The van der Waals surface area contributed by atoms with Gasteiger partial charge in [0.25, 0.3) is 0 Å². The molecule has 0 heterocycles. The van der Waals surface area contributed by atoms with Crippen molar-refractivity contribution < 1.29 is 9.53 Å². The summed E-state index contributed by atoms with van der Waals surface area (Å²) in [4.78, 5) is 11.6. The quantitative estimate of drug-likeness (QED) is 0.833. The Kier molecular flexibility index (Phi) is 6.01. The van der Waals surface area contributed by atoms with Crippen molar-refractivity contribution in [3.8, 4) is 0 Å². The summed E-state index contributed by atoms with van der Waals surface area (Å²) >= 11 is 3.39. The lowest BCUT2D eigenvalue weighted by atomic mass is 10.0. The number of halogens is 1. The molecule has 0 fully saturated rings. The van der Waals surface area contributed by atoms with Gasteiger partial charge in [-0.3, -0.25) is 4.79 Å². The molecule has 0 saturated carbocycles. The average Bonchev–Trinajstić information content (AvgIpc) is 2.27. The van der Waals surface area contributed by atoms with E-state index in [4.69, 9.17) is 10.5 Å². The van der Waals surface area contributed by atoms with Gasteiger partial charge in [0.1, 0.15) is 5.60 Å². The Morgan fingerprint density at radius 3 is 2.42 bits per heavy atom. The van der Waals surface area contributed by atoms with Crippen LogP contribution in [0, 0.1) is 0 Å². The minimum Gasteiger partial charge on any atom is -0.460 e. The lowest BCUT2D eigenvalue weighted by Gasteiger charge is -2.19. The molecule has 1 aromatic carbocycles. The Hall–Kier alpha value is -0.870. The van der Waals surface area contributed by atoms with Crippen molar-refractivity contribution in [2.75, 3.05) is 0 Å². The fourth-order valence-electron chi connectivity index (χ4n) is 1.74. The van der Waals surface area contributed by atoms with Crippen LogP contribution in [0.3, 0.4) is 0 Å². The molecule has 0 aromatic heterocycles. The van der Waals surface area contributed by atoms with Gasteiger partial charge < -0.3 is 10.5 Å². The van der Waals surface area contributed by atoms with Gasteiger partial charge in [0.2, 0.25) is 0 Å². The monoisotopic (exact) mass is 327 g/mol. The summed E-state index contributed by atoms with van der Waals surface area (Å²) in [6.45, 7) is 5.62. The molecule has 1 atom stereocenters. The first-order valence-electron chi connectivity index (χ1n) is 6.51. The van der Waals surface area contributed by atoms with Crippen molar-refractivity contribution >= 4 is 21.9 Å². The molecule has 4 heteroatoms. The standard InChI is InChI=1S/C15H22BrNO2/c1-15(2,3)19-14(18)6-4-5-13(17)11-7-9-12(16)10-8-11/h7-10,13H,4-6,17H2,1-3H3. The summed E-state index contributed by atoms with van der Waals surface area (Å²) in [5.74, 6) is -0.157. The Balaban J connectivity index is 2.33. The molecule has 1 unspecified atom stereocenters. The van der Waals surface area contributed by atoms with Crippen LogP contribution >= 0.6 is 15.9 Å². The first-order valence-corrected chi connectivity index (χ1v) is 7.30. The fourth-order valence-corrected chi connectivity index (χ4v) is 2.00. The maximum atomic E-state index is 11.6. The van der Waals surface area contributed by atoms with E-state index in [0.29, 0.717) is 6.42 Å². The van der Waals surface area contributed by atoms with E-state index in [-0.39, 0.29) is 12.0 Å². The lowest BCUT2D eigenvalue weighted by Crippen LogP contribution is -2.23. The number of hydrogen-bond donors (Lipinski definition) is 1. The van der Waals surface area contributed by atoms with Gasteiger partial charge in [-0.05, 0) is 51.3 Å². The third-order valence-electron chi connectivity index (χ3n) is 2.61. The van der Waals surface area contributed by atoms with Crippen molar-refractivity contribution in [1.82, 2.24) is 0 Å². The van der Waals surface area contributed by atoms with Crippen LogP contribution in [0.4, 0.5) is 0 Å². The van der Waals surface area contributed by atoms with Crippen molar-refractivity contribution in [2.24, 2.45) is 5.73 Å². The van der Waals surface area contributed by atoms with Gasteiger partial charge in [-0.2, -0.15) is 0 Å². The van der Waals surface area contributed by atoms with Gasteiger partial charge in [-0.15, -0.1) is 0 Å². The van der Waals surface area contributed by atoms with E-state index >= 15 is 0 Å². The molecule has 1 aromatic rings. The van der Waals surface area contributed by atoms with E-state index in [1.807, 2.05) is 45.0 Å². The molecule has 0 aliphatic heterocycles. The van der Waals surface area contributed by atoms with Crippen molar-refractivity contribution in [1.29, 1.82) is 0 Å². The minimum absolute atomic E-state index is 0.0319. The highest BCUT2D eigenvalue weighted by molar-refractivity contribution is 9.10. The zero-order valence-corrected chi connectivity index (χ0v) is 13.4. The van der Waals surface area contributed by atoms with Crippen molar-refractivity contribution in [3.05, 3.63) is 34.3 Å². The summed E-state index contributed by atoms with van der Waals surface area (Å²) in [7, 11) is 0. The lowest BCUT2D eigenvalue weighted by molar-refractivity contribution is -0.154. The summed E-state index contributed by atoms with van der Waals surface area (Å²) in [6, 6.07) is 7.92. The molecule has 2 N–H and O–H groups in total. The van der Waals surface area contributed by atoms with Crippen LogP contribution in [-0.4, -0.2) is 11.6 Å². The molecular weight excluding hydrogens is 306 g/mol. The summed E-state index contributed by atoms with van der Waals surface area (Å²) in [5, 5.41) is 0. The summed E-state index contributed by atoms with van der Waals surface area (Å²) < 4.78 is 6.29. The first-order chi connectivity index (χ1) is 8.78. The highest BCUT2D eigenvalue weighted by atomic mass is 79.9. The van der Waals surface area contributed by atoms with Crippen LogP contribution in [0.15, 0.2) is 28.7 Å². The molecule has 0 radical (unpaired) electrons. The predicted molar refractivity (Wildman–Crippen MR) is 80.8 cm³/mol. The number of benzene rings is 1. The van der Waals surface area contributed by atoms with E-state index in [1.54, 1.807) is 0 Å². The normalized spacial score (nSPS) is 13.1. The molecule has 0 aliphatic carbocycles. The Morgan fingerprint density at radius 1 is 1.32 bits per heavy atom. The van der Waals surface area contributed by atoms with Gasteiger partial charge in [-0.1, -0.05) is 28.1 Å².